The summed E-state index contributed by atoms with van der Waals surface area (Å²) in [6.07, 6.45) is 6.25. The maximum absolute atomic E-state index is 11.0. The van der Waals surface area contributed by atoms with Crippen LogP contribution in [0.4, 0.5) is 0 Å². The van der Waals surface area contributed by atoms with Crippen LogP contribution in [0.1, 0.15) is 32.5 Å². The molecule has 0 aliphatic rings. The number of aromatic nitrogens is 2. The Kier molecular flexibility index (Phi) is 5.69. The molecular formula is C12H21N3O2. The van der Waals surface area contributed by atoms with Crippen LogP contribution >= 0.6 is 0 Å². The number of carboxylic acid groups (broad SMARTS) is 1. The quantitative estimate of drug-likeness (QED) is 0.717. The Morgan fingerprint density at radius 3 is 2.94 bits per heavy atom. The molecule has 0 aliphatic heterocycles. The normalized spacial score (nSPS) is 12.6. The zero-order valence-corrected chi connectivity index (χ0v) is 10.5. The van der Waals surface area contributed by atoms with Crippen molar-refractivity contribution in [3.63, 3.8) is 0 Å². The summed E-state index contributed by atoms with van der Waals surface area (Å²) in [4.78, 5) is 15.2. The van der Waals surface area contributed by atoms with E-state index < -0.39 is 12.0 Å². The van der Waals surface area contributed by atoms with Crippen molar-refractivity contribution in [2.45, 2.75) is 45.7 Å². The second-order valence-corrected chi connectivity index (χ2v) is 4.02. The number of aryl methyl sites for hydroxylation is 2. The smallest absolute Gasteiger partial charge is 0.320 e. The largest absolute Gasteiger partial charge is 0.480 e. The summed E-state index contributed by atoms with van der Waals surface area (Å²) in [7, 11) is 0. The maximum atomic E-state index is 11.0. The van der Waals surface area contributed by atoms with E-state index in [1.54, 1.807) is 6.20 Å². The molecule has 1 rings (SSSR count). The number of rotatable bonds is 8. The molecule has 5 heteroatoms. The topological polar surface area (TPSA) is 67.2 Å². The molecule has 0 aliphatic carbocycles. The maximum Gasteiger partial charge on any atom is 0.320 e. The molecule has 1 heterocycles. The molecule has 2 N–H and O–H groups in total. The van der Waals surface area contributed by atoms with Crippen molar-refractivity contribution in [3.8, 4) is 0 Å². The van der Waals surface area contributed by atoms with Gasteiger partial charge in [-0.05, 0) is 19.4 Å². The minimum Gasteiger partial charge on any atom is -0.480 e. The number of hydrogen-bond acceptors (Lipinski definition) is 3. The number of nitrogens with one attached hydrogen (secondary N) is 1. The molecular weight excluding hydrogens is 218 g/mol. The van der Waals surface area contributed by atoms with Crippen LogP contribution in [0.3, 0.4) is 0 Å². The third-order valence-corrected chi connectivity index (χ3v) is 2.68. The van der Waals surface area contributed by atoms with Gasteiger partial charge in [0, 0.05) is 25.4 Å². The van der Waals surface area contributed by atoms with Crippen LogP contribution in [-0.4, -0.2) is 33.2 Å². The fraction of sp³-hybridized carbons (Fsp3) is 0.667. The Morgan fingerprint density at radius 2 is 2.35 bits per heavy atom. The average Bonchev–Trinajstić information content (AvgIpc) is 2.72. The van der Waals surface area contributed by atoms with Gasteiger partial charge in [0.25, 0.3) is 0 Å². The monoisotopic (exact) mass is 239 g/mol. The van der Waals surface area contributed by atoms with Crippen LogP contribution in [0.15, 0.2) is 12.4 Å². The van der Waals surface area contributed by atoms with Crippen molar-refractivity contribution >= 4 is 5.97 Å². The number of aliphatic carboxylic acids is 1. The number of carboxylic acids is 1. The van der Waals surface area contributed by atoms with E-state index in [1.807, 2.05) is 17.7 Å². The van der Waals surface area contributed by atoms with Gasteiger partial charge in [-0.25, -0.2) is 4.98 Å². The Balaban J connectivity index is 2.52. The van der Waals surface area contributed by atoms with Crippen LogP contribution in [0.2, 0.25) is 0 Å². The lowest BCUT2D eigenvalue weighted by Crippen LogP contribution is -2.37. The van der Waals surface area contributed by atoms with Crippen molar-refractivity contribution < 1.29 is 9.90 Å². The van der Waals surface area contributed by atoms with Gasteiger partial charge in [0.1, 0.15) is 11.9 Å². The zero-order chi connectivity index (χ0) is 12.7. The van der Waals surface area contributed by atoms with E-state index in [2.05, 4.69) is 17.2 Å². The summed E-state index contributed by atoms with van der Waals surface area (Å²) in [5.74, 6) is 0.247. The van der Waals surface area contributed by atoms with Crippen LogP contribution in [0.5, 0.6) is 0 Å². The second kappa shape index (κ2) is 7.06. The van der Waals surface area contributed by atoms with E-state index in [0.717, 1.165) is 18.7 Å². The summed E-state index contributed by atoms with van der Waals surface area (Å²) >= 11 is 0. The van der Waals surface area contributed by atoms with Gasteiger partial charge in [0.2, 0.25) is 0 Å². The highest BCUT2D eigenvalue weighted by Gasteiger charge is 2.15. The van der Waals surface area contributed by atoms with Crippen LogP contribution in [0.25, 0.3) is 0 Å². The van der Waals surface area contributed by atoms with Gasteiger partial charge in [-0.15, -0.1) is 0 Å². The molecule has 1 aromatic heterocycles. The molecule has 5 nitrogen and oxygen atoms in total. The van der Waals surface area contributed by atoms with Crippen LogP contribution < -0.4 is 5.32 Å². The molecule has 0 fully saturated rings. The molecule has 1 atom stereocenters. The van der Waals surface area contributed by atoms with Gasteiger partial charge >= 0.3 is 5.97 Å². The minimum absolute atomic E-state index is 0.475. The van der Waals surface area contributed by atoms with Crippen LogP contribution in [-0.2, 0) is 17.8 Å². The Hall–Kier alpha value is -1.36. The van der Waals surface area contributed by atoms with Gasteiger partial charge in [-0.2, -0.15) is 0 Å². The molecule has 0 bridgehead atoms. The minimum atomic E-state index is -0.788. The van der Waals surface area contributed by atoms with Gasteiger partial charge in [0.15, 0.2) is 0 Å². The lowest BCUT2D eigenvalue weighted by atomic mass is 10.2. The molecule has 0 saturated carbocycles. The predicted octanol–water partition coefficient (Wildman–Crippen LogP) is 1.29. The standard InChI is InChI=1S/C12H21N3O2/c1-3-5-11-14-7-9-15(11)8-6-10(12(16)17)13-4-2/h7,9-10,13H,3-6,8H2,1-2H3,(H,16,17). The van der Waals surface area contributed by atoms with Crippen molar-refractivity contribution in [2.24, 2.45) is 0 Å². The summed E-state index contributed by atoms with van der Waals surface area (Å²) < 4.78 is 2.04. The lowest BCUT2D eigenvalue weighted by Gasteiger charge is -2.14. The highest BCUT2D eigenvalue weighted by Crippen LogP contribution is 2.04. The highest BCUT2D eigenvalue weighted by molar-refractivity contribution is 5.73. The number of carbonyl (C=O) groups is 1. The van der Waals surface area contributed by atoms with Gasteiger partial charge in [0.05, 0.1) is 0 Å². The summed E-state index contributed by atoms with van der Waals surface area (Å²) in [5.41, 5.74) is 0. The van der Waals surface area contributed by atoms with Gasteiger partial charge in [-0.3, -0.25) is 4.79 Å². The SMILES string of the molecule is CCCc1nccn1CCC(NCC)C(=O)O. The first kappa shape index (κ1) is 13.7. The van der Waals surface area contributed by atoms with E-state index >= 15 is 0 Å². The first-order chi connectivity index (χ1) is 8.19. The predicted molar refractivity (Wildman–Crippen MR) is 65.9 cm³/mol. The van der Waals surface area contributed by atoms with Crippen molar-refractivity contribution in [2.75, 3.05) is 6.54 Å². The fourth-order valence-electron chi connectivity index (χ4n) is 1.82. The van der Waals surface area contributed by atoms with E-state index in [4.69, 9.17) is 5.11 Å². The van der Waals surface area contributed by atoms with E-state index in [9.17, 15) is 4.79 Å². The molecule has 0 amide bonds. The summed E-state index contributed by atoms with van der Waals surface area (Å²) in [5, 5.41) is 12.0. The molecule has 1 aromatic rings. The van der Waals surface area contributed by atoms with Crippen molar-refractivity contribution in [1.29, 1.82) is 0 Å². The number of likely N-dealkylation sites (N-methyl/N-ethyl adjacent to an activating group) is 1. The molecule has 0 radical (unpaired) electrons. The van der Waals surface area contributed by atoms with Crippen molar-refractivity contribution in [1.82, 2.24) is 14.9 Å². The molecule has 1 unspecified atom stereocenters. The van der Waals surface area contributed by atoms with E-state index in [-0.39, 0.29) is 0 Å². The molecule has 0 spiro atoms. The Labute approximate surface area is 102 Å². The molecule has 0 saturated heterocycles. The number of hydrogen-bond donors (Lipinski definition) is 2. The molecule has 17 heavy (non-hydrogen) atoms. The second-order valence-electron chi connectivity index (χ2n) is 4.02. The molecule has 0 aromatic carbocycles. The average molecular weight is 239 g/mol. The number of imidazole rings is 1. The lowest BCUT2D eigenvalue weighted by molar-refractivity contribution is -0.139. The third kappa shape index (κ3) is 4.19. The van der Waals surface area contributed by atoms with Crippen LogP contribution in [0, 0.1) is 0 Å². The van der Waals surface area contributed by atoms with Gasteiger partial charge in [-0.1, -0.05) is 13.8 Å². The van der Waals surface area contributed by atoms with E-state index in [1.165, 1.54) is 0 Å². The highest BCUT2D eigenvalue weighted by atomic mass is 16.4. The van der Waals surface area contributed by atoms with E-state index in [0.29, 0.717) is 19.5 Å². The van der Waals surface area contributed by atoms with Crippen molar-refractivity contribution in [3.05, 3.63) is 18.2 Å². The Morgan fingerprint density at radius 1 is 1.59 bits per heavy atom. The zero-order valence-electron chi connectivity index (χ0n) is 10.5. The summed E-state index contributed by atoms with van der Waals surface area (Å²) in [6.45, 7) is 5.38. The fourth-order valence-corrected chi connectivity index (χ4v) is 1.82. The first-order valence-electron chi connectivity index (χ1n) is 6.15. The van der Waals surface area contributed by atoms with Gasteiger partial charge < -0.3 is 15.0 Å². The first-order valence-corrected chi connectivity index (χ1v) is 6.15. The number of nitrogens with zero attached hydrogens (tertiary/aromatic N) is 2. The Bertz CT molecular complexity index is 349. The summed E-state index contributed by atoms with van der Waals surface area (Å²) in [6, 6.07) is -0.475. The third-order valence-electron chi connectivity index (χ3n) is 2.68. The molecule has 96 valence electrons.